The Morgan fingerprint density at radius 1 is 1.09 bits per heavy atom. The number of carbonyl (C=O) groups is 4. The highest BCUT2D eigenvalue weighted by Crippen LogP contribution is 2.35. The molecule has 1 aliphatic heterocycles. The van der Waals surface area contributed by atoms with Crippen LogP contribution in [0.2, 0.25) is 0 Å². The van der Waals surface area contributed by atoms with Gasteiger partial charge in [-0.3, -0.25) is 38.8 Å². The van der Waals surface area contributed by atoms with Gasteiger partial charge >= 0.3 is 17.9 Å². The number of aromatic nitrogens is 4. The molecule has 2 aromatic rings. The first-order valence-electron chi connectivity index (χ1n) is 9.44. The number of aromatic amines is 1. The highest BCUT2D eigenvalue weighted by atomic mass is 16.7. The van der Waals surface area contributed by atoms with Crippen molar-refractivity contribution in [2.45, 2.75) is 52.2 Å². The molecule has 3 heterocycles. The summed E-state index contributed by atoms with van der Waals surface area (Å²) in [4.78, 5) is 69.0. The third-order valence-corrected chi connectivity index (χ3v) is 4.34. The van der Waals surface area contributed by atoms with Gasteiger partial charge in [0.2, 0.25) is 11.9 Å². The quantitative estimate of drug-likeness (QED) is 0.423. The highest BCUT2D eigenvalue weighted by Gasteiger charge is 2.51. The Balaban J connectivity index is 2.07. The van der Waals surface area contributed by atoms with Gasteiger partial charge in [-0.15, -0.1) is 0 Å². The van der Waals surface area contributed by atoms with E-state index in [1.54, 1.807) is 0 Å². The number of hydrogen-bond acceptors (Lipinski definition) is 11. The van der Waals surface area contributed by atoms with E-state index in [0.717, 1.165) is 13.8 Å². The summed E-state index contributed by atoms with van der Waals surface area (Å²) in [6, 6.07) is 0. The normalized spacial score (nSPS) is 22.4. The summed E-state index contributed by atoms with van der Waals surface area (Å²) < 4.78 is 22.8. The molecule has 2 N–H and O–H groups in total. The number of anilines is 1. The van der Waals surface area contributed by atoms with Crippen LogP contribution in [0.1, 0.15) is 33.9 Å². The molecule has 172 valence electrons. The lowest BCUT2D eigenvalue weighted by atomic mass is 10.1. The molecule has 0 aliphatic carbocycles. The van der Waals surface area contributed by atoms with E-state index in [9.17, 15) is 24.0 Å². The second-order valence-electron chi connectivity index (χ2n) is 6.94. The van der Waals surface area contributed by atoms with E-state index in [0.29, 0.717) is 0 Å². The zero-order chi connectivity index (χ0) is 23.6. The minimum absolute atomic E-state index is 0.00867. The Morgan fingerprint density at radius 2 is 1.75 bits per heavy atom. The van der Waals surface area contributed by atoms with Crippen LogP contribution in [0, 0.1) is 0 Å². The smallest absolute Gasteiger partial charge is 0.303 e. The summed E-state index contributed by atoms with van der Waals surface area (Å²) in [7, 11) is 0. The molecule has 0 spiro atoms. The number of hydrogen-bond donors (Lipinski definition) is 2. The van der Waals surface area contributed by atoms with E-state index in [-0.39, 0.29) is 23.7 Å². The molecule has 32 heavy (non-hydrogen) atoms. The first-order chi connectivity index (χ1) is 15.1. The maximum absolute atomic E-state index is 12.3. The van der Waals surface area contributed by atoms with Crippen molar-refractivity contribution in [2.24, 2.45) is 0 Å². The second kappa shape index (κ2) is 9.13. The maximum Gasteiger partial charge on any atom is 0.303 e. The van der Waals surface area contributed by atoms with E-state index >= 15 is 0 Å². The van der Waals surface area contributed by atoms with Crippen LogP contribution in [0.15, 0.2) is 11.1 Å². The topological polar surface area (TPSA) is 181 Å². The van der Waals surface area contributed by atoms with Gasteiger partial charge in [-0.25, -0.2) is 4.98 Å². The van der Waals surface area contributed by atoms with E-state index in [4.69, 9.17) is 18.9 Å². The molecule has 1 aliphatic rings. The average molecular weight is 451 g/mol. The predicted molar refractivity (Wildman–Crippen MR) is 104 cm³/mol. The van der Waals surface area contributed by atoms with Gasteiger partial charge in [0.25, 0.3) is 5.56 Å². The van der Waals surface area contributed by atoms with Crippen LogP contribution in [-0.4, -0.2) is 68.3 Å². The molecule has 0 saturated carbocycles. The van der Waals surface area contributed by atoms with Crippen molar-refractivity contribution in [1.29, 1.82) is 0 Å². The molecule has 14 nitrogen and oxygen atoms in total. The number of nitrogens with one attached hydrogen (secondary N) is 2. The number of H-pyrrole nitrogens is 1. The zero-order valence-corrected chi connectivity index (χ0v) is 17.6. The fourth-order valence-corrected chi connectivity index (χ4v) is 3.26. The summed E-state index contributed by atoms with van der Waals surface area (Å²) >= 11 is 0. The van der Waals surface area contributed by atoms with E-state index in [2.05, 4.69) is 20.3 Å². The average Bonchev–Trinajstić information content (AvgIpc) is 3.21. The number of esters is 3. The minimum atomic E-state index is -1.18. The number of ether oxygens (including phenoxy) is 4. The molecule has 0 unspecified atom stereocenters. The molecule has 3 rings (SSSR count). The van der Waals surface area contributed by atoms with Crippen LogP contribution in [0.3, 0.4) is 0 Å². The summed E-state index contributed by atoms with van der Waals surface area (Å²) in [6.07, 6.45) is -3.22. The van der Waals surface area contributed by atoms with Gasteiger partial charge in [0.05, 0.1) is 6.33 Å². The van der Waals surface area contributed by atoms with Crippen molar-refractivity contribution in [3.63, 3.8) is 0 Å². The Labute approximate surface area is 180 Å². The van der Waals surface area contributed by atoms with Gasteiger partial charge in [0.15, 0.2) is 29.6 Å². The van der Waals surface area contributed by atoms with Crippen LogP contribution in [0.25, 0.3) is 11.2 Å². The van der Waals surface area contributed by atoms with Crippen molar-refractivity contribution >= 4 is 40.9 Å². The van der Waals surface area contributed by atoms with Crippen molar-refractivity contribution in [1.82, 2.24) is 19.5 Å². The van der Waals surface area contributed by atoms with E-state index < -0.39 is 53.9 Å². The van der Waals surface area contributed by atoms with Crippen LogP contribution in [-0.2, 0) is 38.1 Å². The molecule has 1 fully saturated rings. The molecule has 0 aromatic carbocycles. The van der Waals surface area contributed by atoms with Gasteiger partial charge < -0.3 is 18.9 Å². The number of rotatable bonds is 6. The molecule has 1 amide bonds. The van der Waals surface area contributed by atoms with Crippen molar-refractivity contribution in [3.8, 4) is 0 Å². The van der Waals surface area contributed by atoms with E-state index in [1.807, 2.05) is 0 Å². The lowest BCUT2D eigenvalue weighted by Gasteiger charge is -2.23. The molecule has 2 aromatic heterocycles. The zero-order valence-electron chi connectivity index (χ0n) is 17.6. The summed E-state index contributed by atoms with van der Waals surface area (Å²) in [6.45, 7) is 4.46. The first kappa shape index (κ1) is 22.9. The van der Waals surface area contributed by atoms with Crippen molar-refractivity contribution in [2.75, 3.05) is 11.9 Å². The van der Waals surface area contributed by atoms with Crippen molar-refractivity contribution in [3.05, 3.63) is 16.7 Å². The van der Waals surface area contributed by atoms with Gasteiger partial charge in [-0.2, -0.15) is 4.98 Å². The summed E-state index contributed by atoms with van der Waals surface area (Å²) in [5, 5.41) is 2.37. The Morgan fingerprint density at radius 3 is 2.34 bits per heavy atom. The molecule has 0 radical (unpaired) electrons. The number of fused-ring (bicyclic) bond motifs is 1. The van der Waals surface area contributed by atoms with Gasteiger partial charge in [0.1, 0.15) is 12.7 Å². The minimum Gasteiger partial charge on any atom is -0.463 e. The van der Waals surface area contributed by atoms with Gasteiger partial charge in [-0.1, -0.05) is 0 Å². The predicted octanol–water partition coefficient (Wildman–Crippen LogP) is -0.598. The van der Waals surface area contributed by atoms with Crippen LogP contribution in [0.5, 0.6) is 0 Å². The van der Waals surface area contributed by atoms with E-state index in [1.165, 1.54) is 24.7 Å². The van der Waals surface area contributed by atoms with Crippen LogP contribution in [0.4, 0.5) is 5.95 Å². The Bertz CT molecular complexity index is 1120. The molecule has 4 atom stereocenters. The van der Waals surface area contributed by atoms with Crippen LogP contribution >= 0.6 is 0 Å². The number of carbonyl (C=O) groups excluding carboxylic acids is 4. The SMILES string of the molecule is CC(=O)Nc1nc2c(ncn2[C@H]2O[C@@H](COC(C)=O)[C@@H](OC(C)=O)[C@H]2OC(C)=O)c(=O)[nH]1. The monoisotopic (exact) mass is 451 g/mol. The molecular weight excluding hydrogens is 430 g/mol. The number of nitrogens with zero attached hydrogens (tertiary/aromatic N) is 3. The second-order valence-corrected chi connectivity index (χ2v) is 6.94. The van der Waals surface area contributed by atoms with Crippen LogP contribution < -0.4 is 10.9 Å². The van der Waals surface area contributed by atoms with Crippen molar-refractivity contribution < 1.29 is 38.1 Å². The highest BCUT2D eigenvalue weighted by molar-refractivity contribution is 5.87. The van der Waals surface area contributed by atoms with Gasteiger partial charge in [0, 0.05) is 27.7 Å². The maximum atomic E-state index is 12.3. The molecule has 1 saturated heterocycles. The molecular formula is C18H21N5O9. The number of imidazole rings is 1. The first-order valence-corrected chi connectivity index (χ1v) is 9.44. The fraction of sp³-hybridized carbons (Fsp3) is 0.500. The lowest BCUT2D eigenvalue weighted by molar-refractivity contribution is -0.166. The Kier molecular flexibility index (Phi) is 6.53. The molecule has 0 bridgehead atoms. The third-order valence-electron chi connectivity index (χ3n) is 4.34. The number of amides is 1. The largest absolute Gasteiger partial charge is 0.463 e. The summed E-state index contributed by atoms with van der Waals surface area (Å²) in [5.74, 6) is -2.56. The standard InChI is InChI=1S/C18H21N5O9/c1-7(24)20-18-21-15-12(16(28)22-18)19-6-23(15)17-14(31-10(4)27)13(30-9(3)26)11(32-17)5-29-8(2)25/h6,11,13-14,17H,5H2,1-4H3,(H2,20,21,22,24,28)/t11-,13+,14+,17-/m0/s1. The van der Waals surface area contributed by atoms with Gasteiger partial charge in [-0.05, 0) is 0 Å². The Hall–Kier alpha value is -3.81. The lowest BCUT2D eigenvalue weighted by Crippen LogP contribution is -2.40. The third kappa shape index (κ3) is 4.91. The summed E-state index contributed by atoms with van der Waals surface area (Å²) in [5.41, 5.74) is -0.696. The molecule has 14 heteroatoms. The fourth-order valence-electron chi connectivity index (χ4n) is 3.26.